The van der Waals surface area contributed by atoms with Gasteiger partial charge in [0.25, 0.3) is 0 Å². The highest BCUT2D eigenvalue weighted by atomic mass is 28.4. The smallest absolute Gasteiger partial charge is 0.305 e. The molecule has 500 valence electrons. The van der Waals surface area contributed by atoms with Crippen molar-refractivity contribution < 1.29 is 59.8 Å². The molecule has 0 radical (unpaired) electrons. The van der Waals surface area contributed by atoms with E-state index in [2.05, 4.69) is 156 Å². The van der Waals surface area contributed by atoms with Crippen LogP contribution in [-0.2, 0) is 59.8 Å². The van der Waals surface area contributed by atoms with Gasteiger partial charge in [-0.15, -0.1) is 0 Å². The summed E-state index contributed by atoms with van der Waals surface area (Å²) in [5.74, 6) is -0.524. The van der Waals surface area contributed by atoms with Crippen LogP contribution in [-0.4, -0.2) is 136 Å². The van der Waals surface area contributed by atoms with Crippen LogP contribution < -0.4 is 0 Å². The zero-order valence-electron chi connectivity index (χ0n) is 58.6. The number of hydrogen-bond donors (Lipinski definition) is 0. The second-order valence-corrected chi connectivity index (χ2v) is 57.2. The summed E-state index contributed by atoms with van der Waals surface area (Å²) in [6.07, 6.45) is 33.2. The highest BCUT2D eigenvalue weighted by Gasteiger charge is 2.57. The molecule has 0 amide bonds. The summed E-state index contributed by atoms with van der Waals surface area (Å²) < 4.78 is 77.0. The number of carbonyl (C=O) groups excluding carboxylic acids is 2. The molecule has 2 aliphatic heterocycles. The molecule has 0 bridgehead atoms. The maximum atomic E-state index is 13.7. The number of carbonyl (C=O) groups is 2. The number of unbranched alkanes of at least 4 members (excludes halogenated alkanes) is 22. The monoisotopic (exact) mass is 1300 g/mol. The van der Waals surface area contributed by atoms with Gasteiger partial charge in [-0.1, -0.05) is 141 Å². The summed E-state index contributed by atoms with van der Waals surface area (Å²) in [6.45, 7) is 43.3. The number of allylic oxidation sites excluding steroid dienone is 4. The van der Waals surface area contributed by atoms with Crippen LogP contribution in [0.25, 0.3) is 0 Å². The third-order valence-corrected chi connectivity index (χ3v) is 20.4. The highest BCUT2D eigenvalue weighted by molar-refractivity contribution is 6.71. The molecule has 0 aliphatic carbocycles. The van der Waals surface area contributed by atoms with Crippen molar-refractivity contribution in [2.75, 3.05) is 13.2 Å². The minimum Gasteiger partial charge on any atom is -0.463 e. The average molecular weight is 1300 g/mol. The van der Waals surface area contributed by atoms with E-state index in [-0.39, 0.29) is 25.2 Å². The summed E-state index contributed by atoms with van der Waals surface area (Å²) in [6, 6.07) is 0. The molecule has 85 heavy (non-hydrogen) atoms. The van der Waals surface area contributed by atoms with Gasteiger partial charge in [0.15, 0.2) is 62.5 Å². The van der Waals surface area contributed by atoms with Crippen molar-refractivity contribution in [1.82, 2.24) is 0 Å². The van der Waals surface area contributed by atoms with Gasteiger partial charge in [-0.2, -0.15) is 0 Å². The highest BCUT2D eigenvalue weighted by Crippen LogP contribution is 2.39. The van der Waals surface area contributed by atoms with Crippen LogP contribution in [0.15, 0.2) is 24.3 Å². The number of hydrogen-bond acceptors (Lipinski definition) is 13. The van der Waals surface area contributed by atoms with E-state index in [0.29, 0.717) is 12.8 Å². The van der Waals surface area contributed by atoms with Crippen molar-refractivity contribution in [2.45, 2.75) is 373 Å². The number of ether oxygens (including phenoxy) is 5. The Morgan fingerprint density at radius 1 is 0.318 bits per heavy atom. The molecule has 0 N–H and O–H groups in total. The summed E-state index contributed by atoms with van der Waals surface area (Å²) in [4.78, 5) is 27.3. The molecule has 0 saturated carbocycles. The van der Waals surface area contributed by atoms with E-state index < -0.39 is 111 Å². The molecule has 19 heteroatoms. The van der Waals surface area contributed by atoms with Crippen molar-refractivity contribution >= 4 is 61.8 Å². The van der Waals surface area contributed by atoms with E-state index in [1.54, 1.807) is 0 Å². The molecule has 0 aromatic heterocycles. The lowest BCUT2D eigenvalue weighted by Gasteiger charge is -2.53. The Bertz CT molecular complexity index is 1690. The SMILES string of the molecule is CCCCCCCC/C=C\CCCCCCCC(=O)OC[C@H]1O[C@H](O[C@H]2O[C@H](COC(=O)CCCCCCC/C=C\CCCCCCCC)[C@@H](O[Si](C)(C)C)[C@H](O[Si](C)(C)C)[C@H]2O[Si](C)(C)C)[C@H](O[Si](C)(C)C)[C@@H](O[Si](C)(C)C)[C@@H]1O[Si](C)(C)C. The Hall–Kier alpha value is -0.639. The first-order valence-electron chi connectivity index (χ1n) is 34.4. The molecule has 2 heterocycles. The molecule has 13 nitrogen and oxygen atoms in total. The maximum Gasteiger partial charge on any atom is 0.305 e. The fraction of sp³-hybridized carbons (Fsp3) is 0.909. The summed E-state index contributed by atoms with van der Waals surface area (Å²) in [5, 5.41) is 0. The predicted molar refractivity (Wildman–Crippen MR) is 369 cm³/mol. The maximum absolute atomic E-state index is 13.7. The van der Waals surface area contributed by atoms with Gasteiger partial charge in [-0.3, -0.25) is 9.59 Å². The van der Waals surface area contributed by atoms with Crippen molar-refractivity contribution in [3.63, 3.8) is 0 Å². The number of rotatable bonds is 48. The molecule has 0 spiro atoms. The molecule has 2 fully saturated rings. The van der Waals surface area contributed by atoms with Crippen LogP contribution in [0.3, 0.4) is 0 Å². The van der Waals surface area contributed by atoms with Gasteiger partial charge in [0, 0.05) is 12.8 Å². The van der Waals surface area contributed by atoms with Gasteiger partial charge in [0.05, 0.1) is 0 Å². The van der Waals surface area contributed by atoms with Crippen LogP contribution in [0, 0.1) is 0 Å². The van der Waals surface area contributed by atoms with E-state index in [1.807, 2.05) is 0 Å². The van der Waals surface area contributed by atoms with Crippen molar-refractivity contribution in [3.05, 3.63) is 24.3 Å². The van der Waals surface area contributed by atoms with Gasteiger partial charge >= 0.3 is 11.9 Å². The van der Waals surface area contributed by atoms with Crippen molar-refractivity contribution in [1.29, 1.82) is 0 Å². The van der Waals surface area contributed by atoms with Gasteiger partial charge in [0.1, 0.15) is 62.0 Å². The molecule has 0 aromatic carbocycles. The predicted octanol–water partition coefficient (Wildman–Crippen LogP) is 18.9. The molecule has 0 aromatic rings. The molecule has 0 unspecified atom stereocenters. The van der Waals surface area contributed by atoms with Crippen LogP contribution in [0.1, 0.15) is 194 Å². The lowest BCUT2D eigenvalue weighted by Crippen LogP contribution is -2.69. The first kappa shape index (κ1) is 80.5. The molecule has 2 aliphatic rings. The van der Waals surface area contributed by atoms with Crippen LogP contribution in [0.4, 0.5) is 0 Å². The van der Waals surface area contributed by atoms with E-state index in [0.717, 1.165) is 64.2 Å². The lowest BCUT2D eigenvalue weighted by atomic mass is 9.98. The zero-order chi connectivity index (χ0) is 63.7. The Morgan fingerprint density at radius 3 is 0.824 bits per heavy atom. The third-order valence-electron chi connectivity index (χ3n) is 14.5. The average Bonchev–Trinajstić information content (AvgIpc) is 1.13. The van der Waals surface area contributed by atoms with Crippen molar-refractivity contribution in [2.24, 2.45) is 0 Å². The molecular weight excluding hydrogens is 1170 g/mol. The standard InChI is InChI=1S/C66H134O13Si6/c1-21-23-25-27-29-31-33-35-37-39-41-43-45-47-49-51-57(67)69-53-55-59(74-80(3,4)5)61(76-82(9,10)11)63(78-84(15,16)17)65(71-55)73-66-64(79-85(18,19)20)62(77-83(12,13)14)60(75-81(6,7)8)56(72-66)54-70-58(68)52-50-48-46-44-42-40-38-36-34-32-30-28-26-24-22-2/h35-38,55-56,59-66H,21-34,39-54H2,1-20H3/b37-35-,38-36-/t55-,56-,59-,60-,61+,62+,63-,64-,65-,66-/m1/s1. The normalized spacial score (nSPS) is 24.0. The van der Waals surface area contributed by atoms with E-state index in [1.165, 1.54) is 103 Å². The fourth-order valence-corrected chi connectivity index (χ4v) is 17.3. The largest absolute Gasteiger partial charge is 0.463 e. The Balaban J connectivity index is 2.41. The first-order chi connectivity index (χ1) is 39.7. The van der Waals surface area contributed by atoms with Crippen LogP contribution >= 0.6 is 0 Å². The Labute approximate surface area is 529 Å². The minimum absolute atomic E-state index is 0.0484. The summed E-state index contributed by atoms with van der Waals surface area (Å²) >= 11 is 0. The number of esters is 2. The van der Waals surface area contributed by atoms with Gasteiger partial charge in [0.2, 0.25) is 0 Å². The molecule has 2 saturated heterocycles. The zero-order valence-corrected chi connectivity index (χ0v) is 64.6. The van der Waals surface area contributed by atoms with E-state index in [9.17, 15) is 9.59 Å². The molecular formula is C66H134O13Si6. The van der Waals surface area contributed by atoms with E-state index >= 15 is 0 Å². The second kappa shape index (κ2) is 41.8. The van der Waals surface area contributed by atoms with Gasteiger partial charge in [-0.25, -0.2) is 0 Å². The summed E-state index contributed by atoms with van der Waals surface area (Å²) in [7, 11) is -14.1. The quantitative estimate of drug-likeness (QED) is 0.0248. The van der Waals surface area contributed by atoms with Gasteiger partial charge < -0.3 is 50.2 Å². The molecule has 2 rings (SSSR count). The Kier molecular flexibility index (Phi) is 39.5. The Morgan fingerprint density at radius 2 is 0.553 bits per heavy atom. The third kappa shape index (κ3) is 40.1. The second-order valence-electron chi connectivity index (χ2n) is 30.4. The van der Waals surface area contributed by atoms with Crippen LogP contribution in [0.5, 0.6) is 0 Å². The molecule has 10 atom stereocenters. The first-order valence-corrected chi connectivity index (χ1v) is 54.8. The fourth-order valence-electron chi connectivity index (χ4n) is 10.8. The summed E-state index contributed by atoms with van der Waals surface area (Å²) in [5.41, 5.74) is 0. The van der Waals surface area contributed by atoms with Gasteiger partial charge in [-0.05, 0) is 182 Å². The lowest BCUT2D eigenvalue weighted by molar-refractivity contribution is -0.368. The minimum atomic E-state index is -2.39. The topological polar surface area (TPSA) is 136 Å². The van der Waals surface area contributed by atoms with Crippen LogP contribution in [0.2, 0.25) is 118 Å². The van der Waals surface area contributed by atoms with E-state index in [4.69, 9.17) is 50.2 Å². The van der Waals surface area contributed by atoms with Crippen molar-refractivity contribution in [3.8, 4) is 0 Å².